The molecule has 0 spiro atoms. The number of ether oxygens (including phenoxy) is 1. The maximum atomic E-state index is 13.7. The average Bonchev–Trinajstić information content (AvgIpc) is 2.64. The fraction of sp³-hybridized carbons (Fsp3) is 0.250. The van der Waals surface area contributed by atoms with E-state index in [0.29, 0.717) is 12.1 Å². The molecule has 0 aliphatic carbocycles. The number of nitrogens with zero attached hydrogens (tertiary/aromatic N) is 1. The van der Waals surface area contributed by atoms with E-state index in [-0.39, 0.29) is 29.5 Å². The minimum absolute atomic E-state index is 0.0896. The number of amides is 1. The Morgan fingerprint density at radius 3 is 2.32 bits per heavy atom. The quantitative estimate of drug-likeness (QED) is 0.334. The van der Waals surface area contributed by atoms with Crippen LogP contribution in [-0.4, -0.2) is 38.0 Å². The van der Waals surface area contributed by atoms with Crippen LogP contribution in [0.2, 0.25) is 5.15 Å². The predicted molar refractivity (Wildman–Crippen MR) is 96.6 cm³/mol. The van der Waals surface area contributed by atoms with Crippen molar-refractivity contribution in [2.45, 2.75) is 11.9 Å². The van der Waals surface area contributed by atoms with Crippen LogP contribution >= 0.6 is 11.6 Å². The summed E-state index contributed by atoms with van der Waals surface area (Å²) in [5.74, 6) is -5.13. The van der Waals surface area contributed by atoms with Crippen LogP contribution in [0.4, 0.5) is 32.0 Å². The molecule has 1 aromatic heterocycles. The first-order valence-corrected chi connectivity index (χ1v) is 9.98. The largest absolute Gasteiger partial charge is 0.511 e. The number of anilines is 1. The van der Waals surface area contributed by atoms with Gasteiger partial charge in [-0.25, -0.2) is 31.3 Å². The number of halogens is 7. The molecule has 0 atom stereocenters. The van der Waals surface area contributed by atoms with E-state index in [1.54, 1.807) is 0 Å². The maximum absolute atomic E-state index is 13.7. The van der Waals surface area contributed by atoms with E-state index in [1.165, 1.54) is 4.72 Å². The maximum Gasteiger partial charge on any atom is 0.511 e. The molecule has 0 saturated carbocycles. The van der Waals surface area contributed by atoms with Crippen LogP contribution < -0.4 is 14.8 Å². The molecule has 0 aliphatic heterocycles. The normalized spacial score (nSPS) is 12.0. The molecular formula is C16H12ClF6N3O4S. The first-order chi connectivity index (χ1) is 14.3. The number of aromatic nitrogens is 1. The van der Waals surface area contributed by atoms with E-state index in [2.05, 4.69) is 4.98 Å². The van der Waals surface area contributed by atoms with E-state index in [1.807, 2.05) is 5.32 Å². The zero-order valence-corrected chi connectivity index (χ0v) is 16.6. The topological polar surface area (TPSA) is 97.4 Å². The monoisotopic (exact) mass is 491 g/mol. The van der Waals surface area contributed by atoms with Gasteiger partial charge in [-0.2, -0.15) is 13.2 Å². The molecule has 0 fully saturated rings. The van der Waals surface area contributed by atoms with Gasteiger partial charge in [-0.05, 0) is 12.5 Å². The van der Waals surface area contributed by atoms with Crippen LogP contribution in [0, 0.1) is 17.5 Å². The summed E-state index contributed by atoms with van der Waals surface area (Å²) < 4.78 is 105. The molecule has 0 aliphatic rings. The van der Waals surface area contributed by atoms with Gasteiger partial charge in [0.2, 0.25) is 0 Å². The molecule has 0 unspecified atom stereocenters. The summed E-state index contributed by atoms with van der Waals surface area (Å²) in [6.07, 6.45) is 0.878. The van der Waals surface area contributed by atoms with E-state index in [9.17, 15) is 39.6 Å². The summed E-state index contributed by atoms with van der Waals surface area (Å²) in [6, 6.07) is 1.74. The SMILES string of the molecule is O=C(Nc1c(F)cc(F)cc1F)c1cc(OCCCNS(=O)(=O)C(F)(F)F)cnc1Cl. The zero-order valence-electron chi connectivity index (χ0n) is 15.1. The lowest BCUT2D eigenvalue weighted by Gasteiger charge is -2.11. The molecule has 1 heterocycles. The van der Waals surface area contributed by atoms with Gasteiger partial charge >= 0.3 is 15.5 Å². The van der Waals surface area contributed by atoms with Crippen LogP contribution in [0.5, 0.6) is 5.75 Å². The molecule has 1 amide bonds. The third-order valence-electron chi connectivity index (χ3n) is 3.49. The van der Waals surface area contributed by atoms with Gasteiger partial charge in [0.1, 0.15) is 22.4 Å². The Hall–Kier alpha value is -2.58. The summed E-state index contributed by atoms with van der Waals surface area (Å²) in [5, 5.41) is 1.51. The second-order valence-electron chi connectivity index (χ2n) is 5.75. The molecule has 0 radical (unpaired) electrons. The van der Waals surface area contributed by atoms with Crippen molar-refractivity contribution < 1.29 is 44.3 Å². The van der Waals surface area contributed by atoms with E-state index >= 15 is 0 Å². The standard InChI is InChI=1S/C16H12ClF6N3O4S/c17-14-10(15(27)26-13-11(19)4-8(18)5-12(13)20)6-9(7-24-14)30-3-1-2-25-31(28,29)16(21,22)23/h4-7,25H,1-3H2,(H,26,27). The van der Waals surface area contributed by atoms with Gasteiger partial charge in [0.15, 0.2) is 11.6 Å². The van der Waals surface area contributed by atoms with Crippen molar-refractivity contribution in [2.24, 2.45) is 0 Å². The summed E-state index contributed by atoms with van der Waals surface area (Å²) >= 11 is 5.78. The highest BCUT2D eigenvalue weighted by atomic mass is 35.5. The number of carbonyl (C=O) groups is 1. The van der Waals surface area contributed by atoms with E-state index in [4.69, 9.17) is 16.3 Å². The second kappa shape index (κ2) is 9.70. The average molecular weight is 492 g/mol. The van der Waals surface area contributed by atoms with Crippen LogP contribution in [0.1, 0.15) is 16.8 Å². The number of benzene rings is 1. The summed E-state index contributed by atoms with van der Waals surface area (Å²) in [5.41, 5.74) is -6.74. The van der Waals surface area contributed by atoms with Gasteiger partial charge in [-0.1, -0.05) is 11.6 Å². The number of sulfonamides is 1. The highest BCUT2D eigenvalue weighted by molar-refractivity contribution is 7.90. The molecule has 0 saturated heterocycles. The molecule has 31 heavy (non-hydrogen) atoms. The van der Waals surface area contributed by atoms with Gasteiger partial charge in [0.05, 0.1) is 18.4 Å². The van der Waals surface area contributed by atoms with Crippen LogP contribution in [0.3, 0.4) is 0 Å². The van der Waals surface area contributed by atoms with Gasteiger partial charge in [-0.15, -0.1) is 0 Å². The van der Waals surface area contributed by atoms with Gasteiger partial charge in [0.25, 0.3) is 5.91 Å². The summed E-state index contributed by atoms with van der Waals surface area (Å²) in [4.78, 5) is 15.9. The van der Waals surface area contributed by atoms with Crippen molar-refractivity contribution in [3.8, 4) is 5.75 Å². The Kier molecular flexibility index (Phi) is 7.72. The third-order valence-corrected chi connectivity index (χ3v) is 4.99. The van der Waals surface area contributed by atoms with Crippen molar-refractivity contribution in [2.75, 3.05) is 18.5 Å². The van der Waals surface area contributed by atoms with E-state index in [0.717, 1.165) is 12.3 Å². The van der Waals surface area contributed by atoms with Crippen LogP contribution in [-0.2, 0) is 10.0 Å². The molecule has 170 valence electrons. The van der Waals surface area contributed by atoms with Crippen molar-refractivity contribution in [3.05, 3.63) is 52.6 Å². The number of nitrogens with one attached hydrogen (secondary N) is 2. The first kappa shape index (κ1) is 24.7. The molecule has 2 N–H and O–H groups in total. The number of hydrogen-bond donors (Lipinski definition) is 2. The molecule has 2 rings (SSSR count). The minimum atomic E-state index is -5.48. The second-order valence-corrected chi connectivity index (χ2v) is 7.87. The fourth-order valence-corrected chi connectivity index (χ4v) is 2.83. The lowest BCUT2D eigenvalue weighted by atomic mass is 10.2. The Morgan fingerprint density at radius 1 is 1.13 bits per heavy atom. The number of rotatable bonds is 8. The summed E-state index contributed by atoms with van der Waals surface area (Å²) in [7, 11) is -5.48. The van der Waals surface area contributed by atoms with E-state index < -0.39 is 51.1 Å². The lowest BCUT2D eigenvalue weighted by Crippen LogP contribution is -2.37. The Balaban J connectivity index is 2.00. The summed E-state index contributed by atoms with van der Waals surface area (Å²) in [6.45, 7) is -0.856. The Bertz CT molecular complexity index is 1060. The molecule has 2 aromatic rings. The van der Waals surface area contributed by atoms with Crippen molar-refractivity contribution >= 4 is 33.2 Å². The highest BCUT2D eigenvalue weighted by Crippen LogP contribution is 2.24. The highest BCUT2D eigenvalue weighted by Gasteiger charge is 2.45. The minimum Gasteiger partial charge on any atom is -0.492 e. The van der Waals surface area contributed by atoms with Crippen molar-refractivity contribution in [1.29, 1.82) is 0 Å². The first-order valence-electron chi connectivity index (χ1n) is 8.12. The number of hydrogen-bond acceptors (Lipinski definition) is 5. The number of carbonyl (C=O) groups excluding carboxylic acids is 1. The third kappa shape index (κ3) is 6.45. The zero-order chi connectivity index (χ0) is 23.4. The molecule has 7 nitrogen and oxygen atoms in total. The number of alkyl halides is 3. The van der Waals surface area contributed by atoms with Crippen LogP contribution in [0.25, 0.3) is 0 Å². The molecular weight excluding hydrogens is 480 g/mol. The van der Waals surface area contributed by atoms with Crippen molar-refractivity contribution in [3.63, 3.8) is 0 Å². The fourth-order valence-electron chi connectivity index (χ4n) is 2.06. The van der Waals surface area contributed by atoms with Crippen molar-refractivity contribution in [1.82, 2.24) is 9.71 Å². The van der Waals surface area contributed by atoms with Crippen LogP contribution in [0.15, 0.2) is 24.4 Å². The van der Waals surface area contributed by atoms with Gasteiger partial charge in [0, 0.05) is 18.7 Å². The van der Waals surface area contributed by atoms with Gasteiger partial charge in [-0.3, -0.25) is 4.79 Å². The smallest absolute Gasteiger partial charge is 0.492 e. The molecule has 15 heteroatoms. The van der Waals surface area contributed by atoms with Gasteiger partial charge < -0.3 is 10.1 Å². The Labute approximate surface area is 176 Å². The molecule has 1 aromatic carbocycles. The predicted octanol–water partition coefficient (Wildman–Crippen LogP) is 3.61. The number of pyridine rings is 1. The molecule has 0 bridgehead atoms. The lowest BCUT2D eigenvalue weighted by molar-refractivity contribution is -0.0447. The Morgan fingerprint density at radius 2 is 1.74 bits per heavy atom.